The summed E-state index contributed by atoms with van der Waals surface area (Å²) in [5, 5.41) is 2.91. The van der Waals surface area contributed by atoms with Crippen LogP contribution in [0.4, 0.5) is 5.69 Å². The number of nitrogens with one attached hydrogen (secondary N) is 1. The summed E-state index contributed by atoms with van der Waals surface area (Å²) in [4.78, 5) is 13.5. The van der Waals surface area contributed by atoms with E-state index in [9.17, 15) is 21.6 Å². The molecule has 0 aliphatic rings. The van der Waals surface area contributed by atoms with Crippen molar-refractivity contribution >= 4 is 31.5 Å². The fourth-order valence-corrected chi connectivity index (χ4v) is 5.92. The summed E-state index contributed by atoms with van der Waals surface area (Å²) in [6, 6.07) is 21.1. The van der Waals surface area contributed by atoms with Crippen molar-refractivity contribution in [3.05, 3.63) is 90.0 Å². The van der Waals surface area contributed by atoms with Gasteiger partial charge in [-0.2, -0.15) is 0 Å². The summed E-state index contributed by atoms with van der Waals surface area (Å²) in [7, 11) is -7.34. The Hall–Kier alpha value is -3.17. The predicted molar refractivity (Wildman–Crippen MR) is 138 cm³/mol. The van der Waals surface area contributed by atoms with Crippen LogP contribution < -0.4 is 9.62 Å². The van der Waals surface area contributed by atoms with Crippen molar-refractivity contribution < 1.29 is 21.6 Å². The third kappa shape index (κ3) is 6.29. The largest absolute Gasteiger partial charge is 0.348 e. The third-order valence-corrected chi connectivity index (χ3v) is 8.62. The number of aryl methyl sites for hydroxylation is 1. The Morgan fingerprint density at radius 1 is 0.829 bits per heavy atom. The van der Waals surface area contributed by atoms with E-state index in [1.54, 1.807) is 42.5 Å². The number of rotatable bonds is 10. The molecule has 0 bridgehead atoms. The number of nitrogens with zero attached hydrogens (tertiary/aromatic N) is 1. The zero-order valence-electron chi connectivity index (χ0n) is 20.0. The van der Waals surface area contributed by atoms with Gasteiger partial charge >= 0.3 is 0 Å². The molecular weight excluding hydrogens is 484 g/mol. The molecule has 1 N–H and O–H groups in total. The van der Waals surface area contributed by atoms with Crippen LogP contribution in [-0.4, -0.2) is 35.5 Å². The van der Waals surface area contributed by atoms with Crippen LogP contribution in [-0.2, 0) is 31.1 Å². The Labute approximate surface area is 207 Å². The van der Waals surface area contributed by atoms with Gasteiger partial charge in [0.1, 0.15) is 6.54 Å². The molecule has 0 aromatic heterocycles. The summed E-state index contributed by atoms with van der Waals surface area (Å²) >= 11 is 0. The topological polar surface area (TPSA) is 101 Å². The molecule has 9 heteroatoms. The number of sulfonamides is 1. The number of benzene rings is 3. The first-order valence-corrected chi connectivity index (χ1v) is 14.7. The van der Waals surface area contributed by atoms with Gasteiger partial charge in [-0.25, -0.2) is 16.8 Å². The van der Waals surface area contributed by atoms with Gasteiger partial charge < -0.3 is 5.32 Å². The molecule has 1 atom stereocenters. The van der Waals surface area contributed by atoms with E-state index >= 15 is 0 Å². The van der Waals surface area contributed by atoms with Crippen LogP contribution in [0.5, 0.6) is 0 Å². The third-order valence-electron chi connectivity index (χ3n) is 5.71. The molecule has 3 rings (SSSR count). The van der Waals surface area contributed by atoms with E-state index in [0.717, 1.165) is 21.7 Å². The van der Waals surface area contributed by atoms with Gasteiger partial charge in [-0.1, -0.05) is 62.4 Å². The summed E-state index contributed by atoms with van der Waals surface area (Å²) in [5.74, 6) is -0.463. The van der Waals surface area contributed by atoms with Crippen molar-refractivity contribution in [3.63, 3.8) is 0 Å². The zero-order valence-corrected chi connectivity index (χ0v) is 21.6. The fourth-order valence-electron chi connectivity index (χ4n) is 3.81. The quantitative estimate of drug-likeness (QED) is 0.439. The molecule has 0 radical (unpaired) electrons. The van der Waals surface area contributed by atoms with Crippen molar-refractivity contribution in [1.82, 2.24) is 5.32 Å². The summed E-state index contributed by atoms with van der Waals surface area (Å²) in [5.41, 5.74) is 2.00. The Kier molecular flexibility index (Phi) is 8.34. The number of carbonyl (C=O) groups excluding carboxylic acids is 1. The van der Waals surface area contributed by atoms with Gasteiger partial charge in [0.15, 0.2) is 9.84 Å². The van der Waals surface area contributed by atoms with Crippen molar-refractivity contribution in [3.8, 4) is 0 Å². The number of carbonyl (C=O) groups is 1. The van der Waals surface area contributed by atoms with Gasteiger partial charge in [0.05, 0.1) is 21.5 Å². The predicted octanol–water partition coefficient (Wildman–Crippen LogP) is 4.12. The first-order valence-electron chi connectivity index (χ1n) is 11.3. The van der Waals surface area contributed by atoms with Gasteiger partial charge in [-0.15, -0.1) is 0 Å². The van der Waals surface area contributed by atoms with Crippen LogP contribution in [0.1, 0.15) is 37.4 Å². The van der Waals surface area contributed by atoms with E-state index in [0.29, 0.717) is 18.5 Å². The highest BCUT2D eigenvalue weighted by molar-refractivity contribution is 7.93. The molecule has 0 aliphatic heterocycles. The van der Waals surface area contributed by atoms with E-state index in [4.69, 9.17) is 0 Å². The Morgan fingerprint density at radius 3 is 2.00 bits per heavy atom. The van der Waals surface area contributed by atoms with Crippen LogP contribution >= 0.6 is 0 Å². The first-order chi connectivity index (χ1) is 16.6. The number of sulfone groups is 1. The van der Waals surface area contributed by atoms with Gasteiger partial charge in [-0.05, 0) is 54.3 Å². The Morgan fingerprint density at radius 2 is 1.43 bits per heavy atom. The molecule has 3 aromatic rings. The average Bonchev–Trinajstić information content (AvgIpc) is 2.86. The number of anilines is 1. The maximum atomic E-state index is 13.6. The normalized spacial score (nSPS) is 12.7. The van der Waals surface area contributed by atoms with E-state index in [2.05, 4.69) is 5.32 Å². The van der Waals surface area contributed by atoms with Gasteiger partial charge in [0.2, 0.25) is 5.91 Å². The highest BCUT2D eigenvalue weighted by Gasteiger charge is 2.29. The molecule has 0 spiro atoms. The molecule has 1 unspecified atom stereocenters. The lowest BCUT2D eigenvalue weighted by atomic mass is 10.0. The monoisotopic (exact) mass is 514 g/mol. The molecule has 0 saturated heterocycles. The smallest absolute Gasteiger partial charge is 0.264 e. The average molecular weight is 515 g/mol. The number of hydrogen-bond acceptors (Lipinski definition) is 5. The minimum absolute atomic E-state index is 0.0992. The van der Waals surface area contributed by atoms with Crippen LogP contribution in [0.15, 0.2) is 88.7 Å². The molecule has 0 heterocycles. The molecule has 1 amide bonds. The molecular formula is C26H30N2O5S2. The van der Waals surface area contributed by atoms with E-state index in [1.807, 2.05) is 26.0 Å². The molecule has 35 heavy (non-hydrogen) atoms. The van der Waals surface area contributed by atoms with Gasteiger partial charge in [-0.3, -0.25) is 9.10 Å². The lowest BCUT2D eigenvalue weighted by Gasteiger charge is -2.27. The second-order valence-electron chi connectivity index (χ2n) is 8.18. The maximum Gasteiger partial charge on any atom is 0.264 e. The van der Waals surface area contributed by atoms with Crippen LogP contribution in [0.3, 0.4) is 0 Å². The molecule has 0 aliphatic carbocycles. The van der Waals surface area contributed by atoms with E-state index in [-0.39, 0.29) is 9.79 Å². The maximum absolute atomic E-state index is 13.6. The highest BCUT2D eigenvalue weighted by Crippen LogP contribution is 2.28. The Bertz CT molecular complexity index is 1370. The van der Waals surface area contributed by atoms with Crippen molar-refractivity contribution in [1.29, 1.82) is 0 Å². The van der Waals surface area contributed by atoms with Gasteiger partial charge in [0, 0.05) is 6.26 Å². The van der Waals surface area contributed by atoms with Crippen LogP contribution in [0, 0.1) is 0 Å². The second kappa shape index (κ2) is 11.0. The molecule has 3 aromatic carbocycles. The summed E-state index contributed by atoms with van der Waals surface area (Å²) in [6.07, 6.45) is 2.28. The SMILES string of the molecule is CCc1ccccc1N(CC(=O)NC(CC)c1ccc(S(C)(=O)=O)cc1)S(=O)(=O)c1ccccc1. The van der Waals surface area contributed by atoms with Crippen LogP contribution in [0.2, 0.25) is 0 Å². The van der Waals surface area contributed by atoms with Gasteiger partial charge in [0.25, 0.3) is 10.0 Å². The lowest BCUT2D eigenvalue weighted by molar-refractivity contribution is -0.120. The number of amides is 1. The minimum atomic E-state index is -4.01. The summed E-state index contributed by atoms with van der Waals surface area (Å²) in [6.45, 7) is 3.42. The standard InChI is InChI=1S/C26H30N2O5S2/c1-4-20-11-9-10-14-25(20)28(35(32,33)23-12-7-6-8-13-23)19-26(29)27-24(5-2)21-15-17-22(18-16-21)34(3,30)31/h6-18,24H,4-5,19H2,1-3H3,(H,27,29). The van der Waals surface area contributed by atoms with Crippen molar-refractivity contribution in [2.75, 3.05) is 17.1 Å². The minimum Gasteiger partial charge on any atom is -0.348 e. The molecule has 0 saturated carbocycles. The van der Waals surface area contributed by atoms with Crippen molar-refractivity contribution in [2.24, 2.45) is 0 Å². The van der Waals surface area contributed by atoms with Crippen LogP contribution in [0.25, 0.3) is 0 Å². The van der Waals surface area contributed by atoms with E-state index in [1.165, 1.54) is 24.3 Å². The highest BCUT2D eigenvalue weighted by atomic mass is 32.2. The lowest BCUT2D eigenvalue weighted by Crippen LogP contribution is -2.42. The second-order valence-corrected chi connectivity index (χ2v) is 12.1. The number of para-hydroxylation sites is 1. The summed E-state index contributed by atoms with van der Waals surface area (Å²) < 4.78 is 51.8. The van der Waals surface area contributed by atoms with Crippen molar-refractivity contribution in [2.45, 2.75) is 42.5 Å². The molecule has 7 nitrogen and oxygen atoms in total. The Balaban J connectivity index is 1.91. The first kappa shape index (κ1) is 26.4. The number of hydrogen-bond donors (Lipinski definition) is 1. The molecule has 186 valence electrons. The van der Waals surface area contributed by atoms with E-state index < -0.39 is 38.4 Å². The molecule has 0 fully saturated rings. The zero-order chi connectivity index (χ0) is 25.6. The fraction of sp³-hybridized carbons (Fsp3) is 0.269.